The Bertz CT molecular complexity index is 846. The molecule has 1 fully saturated rings. The van der Waals surface area contributed by atoms with Gasteiger partial charge in [-0.2, -0.15) is 0 Å². The third-order valence-corrected chi connectivity index (χ3v) is 6.27. The maximum absolute atomic E-state index is 11.3. The van der Waals surface area contributed by atoms with Crippen LogP contribution in [0.4, 0.5) is 0 Å². The molecule has 1 saturated carbocycles. The predicted molar refractivity (Wildman–Crippen MR) is 108 cm³/mol. The van der Waals surface area contributed by atoms with Crippen LogP contribution in [-0.2, 0) is 15.6 Å². The molecule has 1 aliphatic carbocycles. The van der Waals surface area contributed by atoms with E-state index < -0.39 is 10.0 Å². The van der Waals surface area contributed by atoms with E-state index in [4.69, 9.17) is 21.5 Å². The molecule has 146 valence electrons. The normalized spacial score (nSPS) is 16.8. The summed E-state index contributed by atoms with van der Waals surface area (Å²) in [5.41, 5.74) is 1.23. The van der Waals surface area contributed by atoms with E-state index in [0.29, 0.717) is 18.9 Å². The van der Waals surface area contributed by atoms with Gasteiger partial charge in [0.15, 0.2) is 0 Å². The molecule has 3 N–H and O–H groups in total. The number of hydrogen-bond donors (Lipinski definition) is 2. The van der Waals surface area contributed by atoms with Gasteiger partial charge in [-0.05, 0) is 54.8 Å². The van der Waals surface area contributed by atoms with Crippen molar-refractivity contribution in [3.8, 4) is 5.75 Å². The first kappa shape index (κ1) is 20.1. The number of halogens is 1. The fourth-order valence-corrected chi connectivity index (χ4v) is 4.32. The van der Waals surface area contributed by atoms with Crippen molar-refractivity contribution in [1.82, 2.24) is 5.32 Å². The van der Waals surface area contributed by atoms with Gasteiger partial charge in [0.2, 0.25) is 10.0 Å². The second-order valence-corrected chi connectivity index (χ2v) is 8.94. The second kappa shape index (κ2) is 8.61. The zero-order chi connectivity index (χ0) is 19.3. The summed E-state index contributed by atoms with van der Waals surface area (Å²) in [5, 5.41) is 9.54. The number of benzene rings is 2. The van der Waals surface area contributed by atoms with Crippen LogP contribution in [0.1, 0.15) is 37.7 Å². The monoisotopic (exact) mass is 408 g/mol. The van der Waals surface area contributed by atoms with Gasteiger partial charge < -0.3 is 10.1 Å². The van der Waals surface area contributed by atoms with Gasteiger partial charge >= 0.3 is 0 Å². The minimum atomic E-state index is -3.68. The predicted octanol–water partition coefficient (Wildman–Crippen LogP) is 3.82. The molecule has 2 aromatic rings. The van der Waals surface area contributed by atoms with Crippen LogP contribution in [0.5, 0.6) is 5.75 Å². The molecule has 0 aliphatic heterocycles. The molecule has 0 radical (unpaired) electrons. The van der Waals surface area contributed by atoms with Gasteiger partial charge in [0.05, 0.1) is 4.90 Å². The smallest absolute Gasteiger partial charge is 0.238 e. The van der Waals surface area contributed by atoms with Crippen LogP contribution < -0.4 is 15.2 Å². The van der Waals surface area contributed by atoms with Gasteiger partial charge in [0.25, 0.3) is 0 Å². The lowest BCUT2D eigenvalue weighted by Crippen LogP contribution is -2.45. The lowest BCUT2D eigenvalue weighted by molar-refractivity contribution is 0.211. The Morgan fingerprint density at radius 1 is 1.00 bits per heavy atom. The average Bonchev–Trinajstić information content (AvgIpc) is 2.66. The van der Waals surface area contributed by atoms with Gasteiger partial charge in [-0.15, -0.1) is 0 Å². The third kappa shape index (κ3) is 5.23. The molecule has 0 amide bonds. The van der Waals surface area contributed by atoms with Gasteiger partial charge in [0, 0.05) is 17.1 Å². The lowest BCUT2D eigenvalue weighted by Gasteiger charge is -2.39. The average molecular weight is 409 g/mol. The van der Waals surface area contributed by atoms with E-state index in [0.717, 1.165) is 17.9 Å². The number of rotatable bonds is 7. The molecule has 0 bridgehead atoms. The Morgan fingerprint density at radius 3 is 2.22 bits per heavy atom. The maximum Gasteiger partial charge on any atom is 0.238 e. The lowest BCUT2D eigenvalue weighted by atomic mass is 9.76. The molecule has 0 aromatic heterocycles. The molecule has 0 unspecified atom stereocenters. The second-order valence-electron chi connectivity index (χ2n) is 6.94. The zero-order valence-electron chi connectivity index (χ0n) is 15.2. The number of hydrogen-bond acceptors (Lipinski definition) is 4. The van der Waals surface area contributed by atoms with Crippen molar-refractivity contribution >= 4 is 21.6 Å². The van der Waals surface area contributed by atoms with Crippen molar-refractivity contribution in [2.24, 2.45) is 5.14 Å². The fourth-order valence-electron chi connectivity index (χ4n) is 3.68. The van der Waals surface area contributed by atoms with Crippen LogP contribution in [0, 0.1) is 0 Å². The van der Waals surface area contributed by atoms with Crippen molar-refractivity contribution in [2.75, 3.05) is 13.2 Å². The summed E-state index contributed by atoms with van der Waals surface area (Å²) in [4.78, 5) is 0.0804. The van der Waals surface area contributed by atoms with Crippen molar-refractivity contribution in [3.05, 3.63) is 59.1 Å². The molecule has 7 heteroatoms. The highest BCUT2D eigenvalue weighted by atomic mass is 35.5. The minimum Gasteiger partial charge on any atom is -0.492 e. The summed E-state index contributed by atoms with van der Waals surface area (Å²) in [6.07, 6.45) is 5.86. The Labute approximate surface area is 165 Å². The van der Waals surface area contributed by atoms with Gasteiger partial charge in [-0.1, -0.05) is 43.0 Å². The van der Waals surface area contributed by atoms with E-state index in [2.05, 4.69) is 17.4 Å². The molecule has 1 aliphatic rings. The van der Waals surface area contributed by atoms with E-state index in [-0.39, 0.29) is 10.4 Å². The zero-order valence-corrected chi connectivity index (χ0v) is 16.7. The SMILES string of the molecule is NS(=O)(=O)c1ccc(OCCNC2(c3ccc(Cl)cc3)CCCCC2)cc1. The summed E-state index contributed by atoms with van der Waals surface area (Å²) < 4.78 is 28.3. The van der Waals surface area contributed by atoms with Crippen LogP contribution in [0.2, 0.25) is 5.02 Å². The number of nitrogens with one attached hydrogen (secondary N) is 1. The van der Waals surface area contributed by atoms with Gasteiger partial charge in [-0.25, -0.2) is 13.6 Å². The first-order valence-corrected chi connectivity index (χ1v) is 11.1. The summed E-state index contributed by atoms with van der Waals surface area (Å²) >= 11 is 6.04. The van der Waals surface area contributed by atoms with E-state index in [9.17, 15) is 8.42 Å². The first-order valence-electron chi connectivity index (χ1n) is 9.16. The maximum atomic E-state index is 11.3. The molecule has 3 rings (SSSR count). The van der Waals surface area contributed by atoms with E-state index in [1.165, 1.54) is 37.0 Å². The van der Waals surface area contributed by atoms with E-state index in [1.807, 2.05) is 12.1 Å². The number of ether oxygens (including phenoxy) is 1. The molecule has 0 atom stereocenters. The van der Waals surface area contributed by atoms with Crippen LogP contribution in [0.15, 0.2) is 53.4 Å². The van der Waals surface area contributed by atoms with Gasteiger partial charge in [0.1, 0.15) is 12.4 Å². The molecule has 5 nitrogen and oxygen atoms in total. The van der Waals surface area contributed by atoms with Crippen LogP contribution in [0.3, 0.4) is 0 Å². The summed E-state index contributed by atoms with van der Waals surface area (Å²) in [7, 11) is -3.68. The Morgan fingerprint density at radius 2 is 1.63 bits per heavy atom. The molecule has 0 heterocycles. The Hall–Kier alpha value is -1.60. The molecule has 0 spiro atoms. The highest BCUT2D eigenvalue weighted by Gasteiger charge is 2.33. The summed E-state index contributed by atoms with van der Waals surface area (Å²) in [6.45, 7) is 1.18. The molecule has 27 heavy (non-hydrogen) atoms. The summed E-state index contributed by atoms with van der Waals surface area (Å²) in [5.74, 6) is 0.619. The topological polar surface area (TPSA) is 81.4 Å². The highest BCUT2D eigenvalue weighted by molar-refractivity contribution is 7.89. The minimum absolute atomic E-state index is 0.0380. The number of sulfonamides is 1. The van der Waals surface area contributed by atoms with Crippen molar-refractivity contribution < 1.29 is 13.2 Å². The molecule has 0 saturated heterocycles. The van der Waals surface area contributed by atoms with Crippen LogP contribution in [0.25, 0.3) is 0 Å². The molecular weight excluding hydrogens is 384 g/mol. The van der Waals surface area contributed by atoms with Crippen molar-refractivity contribution in [3.63, 3.8) is 0 Å². The standard InChI is InChI=1S/C20H25ClN2O3S/c21-17-6-4-16(5-7-17)20(12-2-1-3-13-20)23-14-15-26-18-8-10-19(11-9-18)27(22,24)25/h4-11,23H,1-3,12-15H2,(H2,22,24,25). The Kier molecular flexibility index (Phi) is 6.42. The first-order chi connectivity index (χ1) is 12.9. The summed E-state index contributed by atoms with van der Waals surface area (Å²) in [6, 6.07) is 14.2. The van der Waals surface area contributed by atoms with Gasteiger partial charge in [-0.3, -0.25) is 0 Å². The van der Waals surface area contributed by atoms with E-state index >= 15 is 0 Å². The van der Waals surface area contributed by atoms with E-state index in [1.54, 1.807) is 12.1 Å². The number of nitrogens with two attached hydrogens (primary N) is 1. The largest absolute Gasteiger partial charge is 0.492 e. The third-order valence-electron chi connectivity index (χ3n) is 5.09. The highest BCUT2D eigenvalue weighted by Crippen LogP contribution is 2.37. The quantitative estimate of drug-likeness (QED) is 0.682. The van der Waals surface area contributed by atoms with Crippen LogP contribution >= 0.6 is 11.6 Å². The van der Waals surface area contributed by atoms with Crippen molar-refractivity contribution in [2.45, 2.75) is 42.5 Å². The fraction of sp³-hybridized carbons (Fsp3) is 0.400. The molecular formula is C20H25ClN2O3S. The van der Waals surface area contributed by atoms with Crippen LogP contribution in [-0.4, -0.2) is 21.6 Å². The number of primary sulfonamides is 1. The Balaban J connectivity index is 1.59. The van der Waals surface area contributed by atoms with Crippen molar-refractivity contribution in [1.29, 1.82) is 0 Å². The molecule has 2 aromatic carbocycles.